The smallest absolute Gasteiger partial charge is 0.247 e. The molecule has 0 N–H and O–H groups in total. The number of fused-ring (bicyclic) bond motifs is 1. The lowest BCUT2D eigenvalue weighted by Crippen LogP contribution is -2.40. The highest BCUT2D eigenvalue weighted by molar-refractivity contribution is 5.80. The summed E-state index contributed by atoms with van der Waals surface area (Å²) in [6.45, 7) is 7.11. The number of carbonyl (C=O) groups excluding carboxylic acids is 1. The number of ether oxygens (including phenoxy) is 2. The highest BCUT2D eigenvalue weighted by Gasteiger charge is 2.27. The van der Waals surface area contributed by atoms with E-state index in [-0.39, 0.29) is 11.9 Å². The molecule has 25 heavy (non-hydrogen) atoms. The van der Waals surface area contributed by atoms with Crippen LogP contribution in [-0.4, -0.2) is 41.4 Å². The number of hydrogen-bond acceptors (Lipinski definition) is 4. The Kier molecular flexibility index (Phi) is 4.70. The van der Waals surface area contributed by atoms with Crippen molar-refractivity contribution in [3.05, 3.63) is 40.7 Å². The normalized spacial score (nSPS) is 14.8. The number of aromatic nitrogens is 2. The molecule has 0 bridgehead atoms. The van der Waals surface area contributed by atoms with E-state index < -0.39 is 0 Å². The van der Waals surface area contributed by atoms with Crippen LogP contribution in [0.3, 0.4) is 0 Å². The monoisotopic (exact) mass is 343 g/mol. The van der Waals surface area contributed by atoms with Crippen molar-refractivity contribution in [2.75, 3.05) is 20.8 Å². The Hall–Kier alpha value is -2.50. The number of aryl methyl sites for hydroxylation is 2. The zero-order chi connectivity index (χ0) is 18.1. The van der Waals surface area contributed by atoms with Gasteiger partial charge in [-0.3, -0.25) is 9.48 Å². The van der Waals surface area contributed by atoms with Crippen molar-refractivity contribution >= 4 is 5.91 Å². The predicted molar refractivity (Wildman–Crippen MR) is 95.1 cm³/mol. The molecule has 3 rings (SSSR count). The van der Waals surface area contributed by atoms with Crippen LogP contribution in [0, 0.1) is 13.8 Å². The second-order valence-electron chi connectivity index (χ2n) is 6.53. The molecule has 2 heterocycles. The van der Waals surface area contributed by atoms with Crippen LogP contribution in [0.25, 0.3) is 0 Å². The molecule has 1 aliphatic rings. The van der Waals surface area contributed by atoms with Gasteiger partial charge < -0.3 is 14.4 Å². The van der Waals surface area contributed by atoms with Crippen LogP contribution in [0.5, 0.6) is 11.5 Å². The van der Waals surface area contributed by atoms with Crippen LogP contribution in [0.15, 0.2) is 18.2 Å². The summed E-state index contributed by atoms with van der Waals surface area (Å²) in [7, 11) is 3.26. The molecule has 6 heteroatoms. The first-order chi connectivity index (χ1) is 11.9. The molecule has 1 atom stereocenters. The minimum Gasteiger partial charge on any atom is -0.493 e. The number of hydrogen-bond donors (Lipinski definition) is 0. The standard InChI is InChI=1S/C19H25N3O3/c1-12-8-13(2)22(20-12)14(3)19(23)21-7-6-15-9-17(24-4)18(25-5)10-16(15)11-21/h8-10,14H,6-7,11H2,1-5H3/t14-/m1/s1. The molecule has 134 valence electrons. The van der Waals surface area contributed by atoms with Gasteiger partial charge in [0.1, 0.15) is 6.04 Å². The highest BCUT2D eigenvalue weighted by Crippen LogP contribution is 2.33. The van der Waals surface area contributed by atoms with Gasteiger partial charge in [0, 0.05) is 18.8 Å². The fourth-order valence-electron chi connectivity index (χ4n) is 3.48. The van der Waals surface area contributed by atoms with Gasteiger partial charge in [0.2, 0.25) is 5.91 Å². The van der Waals surface area contributed by atoms with Crippen LogP contribution >= 0.6 is 0 Å². The summed E-state index contributed by atoms with van der Waals surface area (Å²) in [4.78, 5) is 14.9. The fraction of sp³-hybridized carbons (Fsp3) is 0.474. The van der Waals surface area contributed by atoms with Gasteiger partial charge in [0.25, 0.3) is 0 Å². The third kappa shape index (κ3) is 3.21. The van der Waals surface area contributed by atoms with E-state index in [2.05, 4.69) is 5.10 Å². The van der Waals surface area contributed by atoms with Crippen molar-refractivity contribution in [1.82, 2.24) is 14.7 Å². The zero-order valence-electron chi connectivity index (χ0n) is 15.5. The number of benzene rings is 1. The van der Waals surface area contributed by atoms with E-state index >= 15 is 0 Å². The molecule has 1 aliphatic heterocycles. The van der Waals surface area contributed by atoms with Crippen LogP contribution in [-0.2, 0) is 17.8 Å². The first kappa shape index (κ1) is 17.3. The Labute approximate surface area is 148 Å². The third-order valence-corrected chi connectivity index (χ3v) is 4.80. The van der Waals surface area contributed by atoms with E-state index in [1.54, 1.807) is 14.2 Å². The number of amides is 1. The summed E-state index contributed by atoms with van der Waals surface area (Å²) in [5.74, 6) is 1.52. The van der Waals surface area contributed by atoms with E-state index in [0.29, 0.717) is 18.8 Å². The molecule has 0 saturated carbocycles. The first-order valence-corrected chi connectivity index (χ1v) is 8.50. The lowest BCUT2D eigenvalue weighted by atomic mass is 9.98. The maximum absolute atomic E-state index is 13.0. The first-order valence-electron chi connectivity index (χ1n) is 8.50. The molecule has 0 aliphatic carbocycles. The Balaban J connectivity index is 1.82. The molecule has 2 aromatic rings. The molecule has 1 aromatic heterocycles. The molecule has 0 fully saturated rings. The SMILES string of the molecule is COc1cc2c(cc1OC)CN(C(=O)[C@@H](C)n1nc(C)cc1C)CC2. The van der Waals surface area contributed by atoms with Crippen molar-refractivity contribution in [1.29, 1.82) is 0 Å². The molecular weight excluding hydrogens is 318 g/mol. The van der Waals surface area contributed by atoms with Gasteiger partial charge in [0.15, 0.2) is 11.5 Å². The molecular formula is C19H25N3O3. The number of rotatable bonds is 4. The second-order valence-corrected chi connectivity index (χ2v) is 6.53. The summed E-state index contributed by atoms with van der Waals surface area (Å²) < 4.78 is 12.6. The van der Waals surface area contributed by atoms with Gasteiger partial charge in [-0.15, -0.1) is 0 Å². The second kappa shape index (κ2) is 6.78. The summed E-state index contributed by atoms with van der Waals surface area (Å²) in [6, 6.07) is 5.67. The van der Waals surface area contributed by atoms with E-state index in [1.165, 1.54) is 5.56 Å². The summed E-state index contributed by atoms with van der Waals surface area (Å²) in [6.07, 6.45) is 0.811. The van der Waals surface area contributed by atoms with Crippen molar-refractivity contribution in [2.45, 2.75) is 39.8 Å². The van der Waals surface area contributed by atoms with Crippen molar-refractivity contribution in [3.63, 3.8) is 0 Å². The number of nitrogens with zero attached hydrogens (tertiary/aromatic N) is 3. The summed E-state index contributed by atoms with van der Waals surface area (Å²) in [5.41, 5.74) is 4.25. The van der Waals surface area contributed by atoms with Gasteiger partial charge in [-0.1, -0.05) is 0 Å². The average molecular weight is 343 g/mol. The lowest BCUT2D eigenvalue weighted by molar-refractivity contribution is -0.135. The van der Waals surface area contributed by atoms with Gasteiger partial charge in [-0.2, -0.15) is 5.10 Å². The molecule has 0 unspecified atom stereocenters. The lowest BCUT2D eigenvalue weighted by Gasteiger charge is -2.31. The molecule has 1 amide bonds. The minimum atomic E-state index is -0.310. The van der Waals surface area contributed by atoms with Crippen LogP contribution in [0.1, 0.15) is 35.5 Å². The van der Waals surface area contributed by atoms with Crippen molar-refractivity contribution in [3.8, 4) is 11.5 Å². The summed E-state index contributed by atoms with van der Waals surface area (Å²) >= 11 is 0. The number of methoxy groups -OCH3 is 2. The molecule has 0 saturated heterocycles. The molecule has 0 spiro atoms. The molecule has 6 nitrogen and oxygen atoms in total. The minimum absolute atomic E-state index is 0.0895. The van der Waals surface area contributed by atoms with Gasteiger partial charge in [0.05, 0.1) is 19.9 Å². The average Bonchev–Trinajstić information content (AvgIpc) is 2.96. The largest absolute Gasteiger partial charge is 0.493 e. The van der Waals surface area contributed by atoms with Gasteiger partial charge in [-0.25, -0.2) is 0 Å². The maximum atomic E-state index is 13.0. The van der Waals surface area contributed by atoms with E-state index in [1.807, 2.05) is 48.6 Å². The quantitative estimate of drug-likeness (QED) is 0.856. The topological polar surface area (TPSA) is 56.6 Å². The summed E-state index contributed by atoms with van der Waals surface area (Å²) in [5, 5.41) is 4.45. The number of carbonyl (C=O) groups is 1. The van der Waals surface area contributed by atoms with Crippen LogP contribution in [0.2, 0.25) is 0 Å². The van der Waals surface area contributed by atoms with Crippen LogP contribution < -0.4 is 9.47 Å². The highest BCUT2D eigenvalue weighted by atomic mass is 16.5. The van der Waals surface area contributed by atoms with E-state index in [4.69, 9.17) is 9.47 Å². The molecule has 1 aromatic carbocycles. The van der Waals surface area contributed by atoms with Crippen molar-refractivity contribution in [2.24, 2.45) is 0 Å². The zero-order valence-corrected chi connectivity index (χ0v) is 15.5. The van der Waals surface area contributed by atoms with E-state index in [0.717, 1.165) is 29.1 Å². The van der Waals surface area contributed by atoms with Gasteiger partial charge in [-0.05, 0) is 56.5 Å². The van der Waals surface area contributed by atoms with E-state index in [9.17, 15) is 4.79 Å². The fourth-order valence-corrected chi connectivity index (χ4v) is 3.48. The van der Waals surface area contributed by atoms with Gasteiger partial charge >= 0.3 is 0 Å². The maximum Gasteiger partial charge on any atom is 0.247 e. The Bertz CT molecular complexity index is 797. The Morgan fingerprint density at radius 2 is 1.76 bits per heavy atom. The van der Waals surface area contributed by atoms with Crippen LogP contribution in [0.4, 0.5) is 0 Å². The third-order valence-electron chi connectivity index (χ3n) is 4.80. The molecule has 0 radical (unpaired) electrons. The van der Waals surface area contributed by atoms with Crippen molar-refractivity contribution < 1.29 is 14.3 Å². The Morgan fingerprint density at radius 3 is 2.32 bits per heavy atom. The predicted octanol–water partition coefficient (Wildman–Crippen LogP) is 2.66. The Morgan fingerprint density at radius 1 is 1.12 bits per heavy atom.